The number of hydrogen-bond donors (Lipinski definition) is 2. The van der Waals surface area contributed by atoms with Crippen molar-refractivity contribution in [1.82, 2.24) is 9.88 Å². The Bertz CT molecular complexity index is 1340. The summed E-state index contributed by atoms with van der Waals surface area (Å²) in [4.78, 5) is 42.4. The third-order valence-electron chi connectivity index (χ3n) is 6.40. The van der Waals surface area contributed by atoms with Gasteiger partial charge in [-0.05, 0) is 58.4 Å². The summed E-state index contributed by atoms with van der Waals surface area (Å²) in [6.07, 6.45) is 2.08. The predicted octanol–water partition coefficient (Wildman–Crippen LogP) is 4.13. The van der Waals surface area contributed by atoms with Crippen LogP contribution in [0.4, 0.5) is 10.1 Å². The van der Waals surface area contributed by atoms with Gasteiger partial charge in [-0.3, -0.25) is 14.4 Å². The number of fused-ring (bicyclic) bond motifs is 1. The molecule has 0 saturated carbocycles. The minimum Gasteiger partial charge on any atom is -0.497 e. The number of carbonyl (C=O) groups is 2. The first-order chi connectivity index (χ1) is 17.1. The van der Waals surface area contributed by atoms with Crippen LogP contribution in [0.1, 0.15) is 49.1 Å². The van der Waals surface area contributed by atoms with Crippen LogP contribution in [-0.4, -0.2) is 35.4 Å². The van der Waals surface area contributed by atoms with E-state index >= 15 is 0 Å². The molecule has 1 aliphatic heterocycles. The van der Waals surface area contributed by atoms with Crippen molar-refractivity contribution in [3.63, 3.8) is 0 Å². The van der Waals surface area contributed by atoms with E-state index in [4.69, 9.17) is 4.74 Å². The lowest BCUT2D eigenvalue weighted by Crippen LogP contribution is -2.46. The largest absolute Gasteiger partial charge is 0.497 e. The Kier molecular flexibility index (Phi) is 6.97. The molecule has 1 aliphatic rings. The first-order valence-corrected chi connectivity index (χ1v) is 11.8. The lowest BCUT2D eigenvalue weighted by Gasteiger charge is -2.36. The number of rotatable bonds is 5. The molecule has 8 heteroatoms. The van der Waals surface area contributed by atoms with Gasteiger partial charge in [0.15, 0.2) is 0 Å². The molecule has 1 atom stereocenters. The first-order valence-electron chi connectivity index (χ1n) is 11.8. The Morgan fingerprint density at radius 2 is 1.92 bits per heavy atom. The molecule has 2 amide bonds. The highest BCUT2D eigenvalue weighted by Crippen LogP contribution is 2.34. The maximum Gasteiger partial charge on any atom is 0.251 e. The minimum atomic E-state index is -0.903. The molecule has 4 rings (SSSR count). The van der Waals surface area contributed by atoms with E-state index in [-0.39, 0.29) is 23.3 Å². The summed E-state index contributed by atoms with van der Waals surface area (Å²) in [6.45, 7) is 6.09. The van der Waals surface area contributed by atoms with E-state index in [1.807, 2.05) is 26.8 Å². The van der Waals surface area contributed by atoms with Crippen LogP contribution in [0.5, 0.6) is 5.75 Å². The summed E-state index contributed by atoms with van der Waals surface area (Å²) < 4.78 is 20.1. The van der Waals surface area contributed by atoms with Gasteiger partial charge in [-0.15, -0.1) is 0 Å². The van der Waals surface area contributed by atoms with E-state index in [2.05, 4.69) is 10.3 Å². The van der Waals surface area contributed by atoms with Crippen molar-refractivity contribution in [2.45, 2.75) is 45.1 Å². The molecule has 0 bridgehead atoms. The van der Waals surface area contributed by atoms with Gasteiger partial charge in [-0.2, -0.15) is 0 Å². The zero-order valence-electron chi connectivity index (χ0n) is 20.9. The standard InChI is InChI=1S/C28H30FN3O4/c1-28(2,3)22-9-6-19(15-23(22)29)31-27(35)26-21-8-7-20(36-4)14-18(21)11-12-32(26)25(34)13-17-5-10-24(33)30-16-17/h5-10,14-16,26H,11-13H2,1-4H3,(H,30,33)(H,31,35). The molecule has 188 valence electrons. The normalized spacial score (nSPS) is 15.2. The van der Waals surface area contributed by atoms with Crippen molar-refractivity contribution >= 4 is 17.5 Å². The molecular weight excluding hydrogens is 461 g/mol. The molecule has 2 aromatic carbocycles. The molecule has 7 nitrogen and oxygen atoms in total. The van der Waals surface area contributed by atoms with Crippen molar-refractivity contribution < 1.29 is 18.7 Å². The highest BCUT2D eigenvalue weighted by atomic mass is 19.1. The third-order valence-corrected chi connectivity index (χ3v) is 6.40. The number of carbonyl (C=O) groups excluding carboxylic acids is 2. The molecule has 36 heavy (non-hydrogen) atoms. The van der Waals surface area contributed by atoms with E-state index in [9.17, 15) is 18.8 Å². The molecule has 3 aromatic rings. The van der Waals surface area contributed by atoms with Gasteiger partial charge in [-0.1, -0.05) is 39.0 Å². The molecule has 0 spiro atoms. The second-order valence-electron chi connectivity index (χ2n) is 9.98. The highest BCUT2D eigenvalue weighted by Gasteiger charge is 2.36. The van der Waals surface area contributed by atoms with Crippen molar-refractivity contribution in [3.05, 3.63) is 93.2 Å². The number of H-pyrrole nitrogens is 1. The number of amides is 2. The highest BCUT2D eigenvalue weighted by molar-refractivity contribution is 5.98. The number of halogens is 1. The van der Waals surface area contributed by atoms with Crippen molar-refractivity contribution in [3.8, 4) is 5.75 Å². The zero-order chi connectivity index (χ0) is 26.0. The number of methoxy groups -OCH3 is 1. The monoisotopic (exact) mass is 491 g/mol. The van der Waals surface area contributed by atoms with Gasteiger partial charge < -0.3 is 19.9 Å². The van der Waals surface area contributed by atoms with Gasteiger partial charge in [0, 0.05) is 24.5 Å². The first kappa shape index (κ1) is 25.2. The number of benzene rings is 2. The number of aromatic amines is 1. The van der Waals surface area contributed by atoms with Gasteiger partial charge in [0.25, 0.3) is 5.91 Å². The van der Waals surface area contributed by atoms with E-state index in [0.29, 0.717) is 41.1 Å². The number of nitrogens with zero attached hydrogens (tertiary/aromatic N) is 1. The summed E-state index contributed by atoms with van der Waals surface area (Å²) in [5.74, 6) is -0.419. The van der Waals surface area contributed by atoms with Gasteiger partial charge in [0.1, 0.15) is 17.6 Å². The molecule has 2 N–H and O–H groups in total. The van der Waals surface area contributed by atoms with Crippen LogP contribution in [0.25, 0.3) is 0 Å². The van der Waals surface area contributed by atoms with Crippen LogP contribution >= 0.6 is 0 Å². The molecule has 2 heterocycles. The molecule has 1 unspecified atom stereocenters. The Morgan fingerprint density at radius 1 is 1.14 bits per heavy atom. The molecular formula is C28H30FN3O4. The number of anilines is 1. The van der Waals surface area contributed by atoms with E-state index in [1.54, 1.807) is 37.4 Å². The van der Waals surface area contributed by atoms with Crippen LogP contribution < -0.4 is 15.6 Å². The van der Waals surface area contributed by atoms with Crippen LogP contribution in [0.3, 0.4) is 0 Å². The fraction of sp³-hybridized carbons (Fsp3) is 0.321. The molecule has 1 aromatic heterocycles. The van der Waals surface area contributed by atoms with Gasteiger partial charge in [0.2, 0.25) is 11.5 Å². The van der Waals surface area contributed by atoms with Crippen LogP contribution in [0.2, 0.25) is 0 Å². The lowest BCUT2D eigenvalue weighted by molar-refractivity contribution is -0.139. The fourth-order valence-electron chi connectivity index (χ4n) is 4.52. The Balaban J connectivity index is 1.65. The zero-order valence-corrected chi connectivity index (χ0v) is 20.9. The van der Waals surface area contributed by atoms with Gasteiger partial charge in [0.05, 0.1) is 13.5 Å². The molecule has 0 aliphatic carbocycles. The van der Waals surface area contributed by atoms with Crippen molar-refractivity contribution in [2.75, 3.05) is 19.0 Å². The summed E-state index contributed by atoms with van der Waals surface area (Å²) in [5, 5.41) is 2.81. The number of aromatic nitrogens is 1. The Labute approximate surface area is 209 Å². The minimum absolute atomic E-state index is 0.0287. The fourth-order valence-corrected chi connectivity index (χ4v) is 4.52. The third kappa shape index (κ3) is 5.32. The lowest BCUT2D eigenvalue weighted by atomic mass is 9.86. The Morgan fingerprint density at radius 3 is 2.56 bits per heavy atom. The van der Waals surface area contributed by atoms with Crippen LogP contribution in [-0.2, 0) is 27.8 Å². The topological polar surface area (TPSA) is 91.5 Å². The molecule has 0 saturated heterocycles. The van der Waals surface area contributed by atoms with Crippen molar-refractivity contribution in [2.24, 2.45) is 0 Å². The van der Waals surface area contributed by atoms with Crippen LogP contribution in [0.15, 0.2) is 59.5 Å². The predicted molar refractivity (Wildman–Crippen MR) is 136 cm³/mol. The average molecular weight is 492 g/mol. The summed E-state index contributed by atoms with van der Waals surface area (Å²) in [5.41, 5.74) is 2.48. The SMILES string of the molecule is COc1ccc2c(c1)CCN(C(=O)Cc1ccc(=O)[nH]c1)C2C(=O)Nc1ccc(C(C)(C)C)c(F)c1. The van der Waals surface area contributed by atoms with Gasteiger partial charge >= 0.3 is 0 Å². The smallest absolute Gasteiger partial charge is 0.251 e. The maximum absolute atomic E-state index is 14.8. The van der Waals surface area contributed by atoms with E-state index in [0.717, 1.165) is 5.56 Å². The van der Waals surface area contributed by atoms with E-state index in [1.165, 1.54) is 23.2 Å². The molecule has 0 fully saturated rings. The number of ether oxygens (including phenoxy) is 1. The number of nitrogens with one attached hydrogen (secondary N) is 2. The maximum atomic E-state index is 14.8. The second kappa shape index (κ2) is 9.97. The van der Waals surface area contributed by atoms with Crippen LogP contribution in [0, 0.1) is 5.82 Å². The second-order valence-corrected chi connectivity index (χ2v) is 9.98. The summed E-state index contributed by atoms with van der Waals surface area (Å²) >= 11 is 0. The van der Waals surface area contributed by atoms with Gasteiger partial charge in [-0.25, -0.2) is 4.39 Å². The Hall–Kier alpha value is -3.94. The number of hydrogen-bond acceptors (Lipinski definition) is 4. The quantitative estimate of drug-likeness (QED) is 0.562. The number of pyridine rings is 1. The van der Waals surface area contributed by atoms with E-state index < -0.39 is 17.8 Å². The summed E-state index contributed by atoms with van der Waals surface area (Å²) in [6, 6.07) is 12.1. The van der Waals surface area contributed by atoms with Crippen molar-refractivity contribution in [1.29, 1.82) is 0 Å². The summed E-state index contributed by atoms with van der Waals surface area (Å²) in [7, 11) is 1.57. The molecule has 0 radical (unpaired) electrons. The average Bonchev–Trinajstić information content (AvgIpc) is 2.83.